The van der Waals surface area contributed by atoms with E-state index >= 15 is 0 Å². The van der Waals surface area contributed by atoms with E-state index in [-0.39, 0.29) is 5.91 Å². The van der Waals surface area contributed by atoms with E-state index in [1.807, 2.05) is 0 Å². The number of carbonyl (C=O) groups excluding carboxylic acids is 1. The predicted octanol–water partition coefficient (Wildman–Crippen LogP) is -0.194. The van der Waals surface area contributed by atoms with E-state index in [1.165, 1.54) is 0 Å². The molecule has 1 rings (SSSR count). The Labute approximate surface area is 86.0 Å². The SMILES string of the molecule is CCCNC(=O)CN1CCN[C@H](C)C1. The highest BCUT2D eigenvalue weighted by Crippen LogP contribution is 1.97. The average Bonchev–Trinajstić information content (AvgIpc) is 2.15. The zero-order valence-corrected chi connectivity index (χ0v) is 9.18. The van der Waals surface area contributed by atoms with Crippen molar-refractivity contribution in [1.82, 2.24) is 15.5 Å². The number of hydrogen-bond donors (Lipinski definition) is 2. The molecule has 82 valence electrons. The van der Waals surface area contributed by atoms with Gasteiger partial charge in [0.05, 0.1) is 6.54 Å². The molecular weight excluding hydrogens is 178 g/mol. The van der Waals surface area contributed by atoms with Gasteiger partial charge in [0.15, 0.2) is 0 Å². The average molecular weight is 199 g/mol. The van der Waals surface area contributed by atoms with Gasteiger partial charge >= 0.3 is 0 Å². The van der Waals surface area contributed by atoms with Crippen LogP contribution in [0.25, 0.3) is 0 Å². The Balaban J connectivity index is 2.18. The molecule has 0 spiro atoms. The van der Waals surface area contributed by atoms with Crippen LogP contribution < -0.4 is 10.6 Å². The zero-order valence-electron chi connectivity index (χ0n) is 9.18. The molecule has 0 aliphatic carbocycles. The summed E-state index contributed by atoms with van der Waals surface area (Å²) in [5.41, 5.74) is 0. The molecule has 1 amide bonds. The largest absolute Gasteiger partial charge is 0.355 e. The Morgan fingerprint density at radius 1 is 1.64 bits per heavy atom. The first kappa shape index (κ1) is 11.5. The summed E-state index contributed by atoms with van der Waals surface area (Å²) in [4.78, 5) is 13.6. The zero-order chi connectivity index (χ0) is 10.4. The minimum atomic E-state index is 0.154. The van der Waals surface area contributed by atoms with Crippen LogP contribution in [0.2, 0.25) is 0 Å². The van der Waals surface area contributed by atoms with Gasteiger partial charge in [-0.1, -0.05) is 6.92 Å². The Morgan fingerprint density at radius 3 is 3.07 bits per heavy atom. The summed E-state index contributed by atoms with van der Waals surface area (Å²) in [5.74, 6) is 0.154. The highest BCUT2D eigenvalue weighted by molar-refractivity contribution is 5.77. The van der Waals surface area contributed by atoms with Crippen LogP contribution in [0.5, 0.6) is 0 Å². The number of piperazine rings is 1. The second kappa shape index (κ2) is 5.98. The molecule has 0 radical (unpaired) electrons. The van der Waals surface area contributed by atoms with Crippen LogP contribution >= 0.6 is 0 Å². The second-order valence-corrected chi connectivity index (χ2v) is 3.94. The van der Waals surface area contributed by atoms with Crippen LogP contribution in [0.1, 0.15) is 20.3 Å². The molecule has 0 aromatic carbocycles. The van der Waals surface area contributed by atoms with Crippen molar-refractivity contribution < 1.29 is 4.79 Å². The van der Waals surface area contributed by atoms with Crippen molar-refractivity contribution in [3.63, 3.8) is 0 Å². The van der Waals surface area contributed by atoms with E-state index < -0.39 is 0 Å². The summed E-state index contributed by atoms with van der Waals surface area (Å²) in [6.45, 7) is 8.49. The summed E-state index contributed by atoms with van der Waals surface area (Å²) >= 11 is 0. The topological polar surface area (TPSA) is 44.4 Å². The minimum Gasteiger partial charge on any atom is -0.355 e. The fourth-order valence-corrected chi connectivity index (χ4v) is 1.68. The van der Waals surface area contributed by atoms with E-state index in [2.05, 4.69) is 29.4 Å². The lowest BCUT2D eigenvalue weighted by Gasteiger charge is -2.31. The number of rotatable bonds is 4. The molecule has 4 heteroatoms. The molecule has 1 atom stereocenters. The highest BCUT2D eigenvalue weighted by Gasteiger charge is 2.17. The summed E-state index contributed by atoms with van der Waals surface area (Å²) < 4.78 is 0. The van der Waals surface area contributed by atoms with Gasteiger partial charge in [-0.15, -0.1) is 0 Å². The van der Waals surface area contributed by atoms with Gasteiger partial charge in [0.25, 0.3) is 0 Å². The van der Waals surface area contributed by atoms with Gasteiger partial charge in [0, 0.05) is 32.2 Å². The maximum Gasteiger partial charge on any atom is 0.234 e. The highest BCUT2D eigenvalue weighted by atomic mass is 16.2. The Kier molecular flexibility index (Phi) is 4.90. The van der Waals surface area contributed by atoms with Crippen LogP contribution in [-0.4, -0.2) is 49.6 Å². The second-order valence-electron chi connectivity index (χ2n) is 3.94. The Hall–Kier alpha value is -0.610. The first-order valence-electron chi connectivity index (χ1n) is 5.44. The molecule has 4 nitrogen and oxygen atoms in total. The van der Waals surface area contributed by atoms with Crippen molar-refractivity contribution in [3.05, 3.63) is 0 Å². The van der Waals surface area contributed by atoms with Gasteiger partial charge in [-0.2, -0.15) is 0 Å². The first-order chi connectivity index (χ1) is 6.72. The van der Waals surface area contributed by atoms with Gasteiger partial charge < -0.3 is 10.6 Å². The van der Waals surface area contributed by atoms with Crippen LogP contribution in [0.15, 0.2) is 0 Å². The van der Waals surface area contributed by atoms with Crippen molar-refractivity contribution in [2.45, 2.75) is 26.3 Å². The number of carbonyl (C=O) groups is 1. The first-order valence-corrected chi connectivity index (χ1v) is 5.44. The third kappa shape index (κ3) is 4.07. The summed E-state index contributed by atoms with van der Waals surface area (Å²) in [7, 11) is 0. The van der Waals surface area contributed by atoms with Crippen LogP contribution in [0.3, 0.4) is 0 Å². The van der Waals surface area contributed by atoms with Crippen molar-refractivity contribution in [3.8, 4) is 0 Å². The van der Waals surface area contributed by atoms with E-state index in [0.29, 0.717) is 12.6 Å². The molecule has 1 aliphatic heterocycles. The molecule has 1 heterocycles. The molecule has 0 aromatic heterocycles. The van der Waals surface area contributed by atoms with Gasteiger partial charge in [-0.3, -0.25) is 9.69 Å². The number of amides is 1. The van der Waals surface area contributed by atoms with Gasteiger partial charge in [-0.25, -0.2) is 0 Å². The fraction of sp³-hybridized carbons (Fsp3) is 0.900. The van der Waals surface area contributed by atoms with Gasteiger partial charge in [0.2, 0.25) is 5.91 Å². The minimum absolute atomic E-state index is 0.154. The molecule has 0 aromatic rings. The molecule has 1 fully saturated rings. The lowest BCUT2D eigenvalue weighted by molar-refractivity contribution is -0.122. The quantitative estimate of drug-likeness (QED) is 0.659. The third-order valence-corrected chi connectivity index (χ3v) is 2.39. The van der Waals surface area contributed by atoms with Gasteiger partial charge in [0.1, 0.15) is 0 Å². The predicted molar refractivity (Wildman–Crippen MR) is 57.2 cm³/mol. The monoisotopic (exact) mass is 199 g/mol. The van der Waals surface area contributed by atoms with E-state index in [9.17, 15) is 4.79 Å². The van der Waals surface area contributed by atoms with E-state index in [1.54, 1.807) is 0 Å². The summed E-state index contributed by atoms with van der Waals surface area (Å²) in [6.07, 6.45) is 1.00. The molecular formula is C10H21N3O. The molecule has 0 unspecified atom stereocenters. The lowest BCUT2D eigenvalue weighted by atomic mass is 10.2. The third-order valence-electron chi connectivity index (χ3n) is 2.39. The fourth-order valence-electron chi connectivity index (χ4n) is 1.68. The maximum absolute atomic E-state index is 11.4. The van der Waals surface area contributed by atoms with Crippen molar-refractivity contribution in [2.24, 2.45) is 0 Å². The van der Waals surface area contributed by atoms with Gasteiger partial charge in [-0.05, 0) is 13.3 Å². The van der Waals surface area contributed by atoms with E-state index in [0.717, 1.165) is 32.6 Å². The van der Waals surface area contributed by atoms with Crippen LogP contribution in [0, 0.1) is 0 Å². The number of nitrogens with zero attached hydrogens (tertiary/aromatic N) is 1. The smallest absolute Gasteiger partial charge is 0.234 e. The van der Waals surface area contributed by atoms with Crippen molar-refractivity contribution in [2.75, 3.05) is 32.7 Å². The molecule has 1 aliphatic rings. The molecule has 0 saturated carbocycles. The maximum atomic E-state index is 11.4. The summed E-state index contributed by atoms with van der Waals surface area (Å²) in [6, 6.07) is 0.503. The lowest BCUT2D eigenvalue weighted by Crippen LogP contribution is -2.51. The van der Waals surface area contributed by atoms with Crippen molar-refractivity contribution >= 4 is 5.91 Å². The standard InChI is InChI=1S/C10H21N3O/c1-3-4-12-10(14)8-13-6-5-11-9(2)7-13/h9,11H,3-8H2,1-2H3,(H,12,14)/t9-/m1/s1. The van der Waals surface area contributed by atoms with E-state index in [4.69, 9.17) is 0 Å². The normalized spacial score (nSPS) is 23.4. The number of hydrogen-bond acceptors (Lipinski definition) is 3. The van der Waals surface area contributed by atoms with Crippen molar-refractivity contribution in [1.29, 1.82) is 0 Å². The number of nitrogens with one attached hydrogen (secondary N) is 2. The molecule has 0 bridgehead atoms. The molecule has 1 saturated heterocycles. The molecule has 2 N–H and O–H groups in total. The Morgan fingerprint density at radius 2 is 2.43 bits per heavy atom. The van der Waals surface area contributed by atoms with Crippen LogP contribution in [-0.2, 0) is 4.79 Å². The Bertz CT molecular complexity index is 184. The van der Waals surface area contributed by atoms with Crippen LogP contribution in [0.4, 0.5) is 0 Å². The molecule has 14 heavy (non-hydrogen) atoms. The summed E-state index contributed by atoms with van der Waals surface area (Å²) in [5, 5.41) is 6.25.